The third kappa shape index (κ3) is 7.98. The number of nitro groups is 1. The van der Waals surface area contributed by atoms with Gasteiger partial charge in [-0.15, -0.1) is 0 Å². The predicted molar refractivity (Wildman–Crippen MR) is 184 cm³/mol. The molecule has 3 aromatic rings. The van der Waals surface area contributed by atoms with Crippen LogP contribution in [0.3, 0.4) is 0 Å². The Morgan fingerprint density at radius 1 is 0.898 bits per heavy atom. The Hall–Kier alpha value is -5.07. The van der Waals surface area contributed by atoms with Gasteiger partial charge in [-0.1, -0.05) is 36.4 Å². The summed E-state index contributed by atoms with van der Waals surface area (Å²) in [5.41, 5.74) is 3.65. The fourth-order valence-corrected chi connectivity index (χ4v) is 6.70. The summed E-state index contributed by atoms with van der Waals surface area (Å²) in [5, 5.41) is 11.6. The van der Waals surface area contributed by atoms with Crippen molar-refractivity contribution < 1.29 is 33.5 Å². The third-order valence-corrected chi connectivity index (χ3v) is 9.22. The Morgan fingerprint density at radius 3 is 2.02 bits per heavy atom. The number of allylic oxidation sites excluding steroid dienone is 1. The van der Waals surface area contributed by atoms with Crippen molar-refractivity contribution in [1.82, 2.24) is 9.80 Å². The molecule has 3 aromatic carbocycles. The minimum Gasteiger partial charge on any atom is -0.497 e. The van der Waals surface area contributed by atoms with Crippen molar-refractivity contribution in [1.29, 1.82) is 0 Å². The summed E-state index contributed by atoms with van der Waals surface area (Å²) < 4.78 is 21.6. The van der Waals surface area contributed by atoms with Crippen LogP contribution >= 0.6 is 0 Å². The highest BCUT2D eigenvalue weighted by molar-refractivity contribution is 6.07. The van der Waals surface area contributed by atoms with Crippen LogP contribution in [-0.4, -0.2) is 93.0 Å². The molecule has 2 heterocycles. The van der Waals surface area contributed by atoms with Crippen molar-refractivity contribution in [3.05, 3.63) is 111 Å². The molecule has 0 N–H and O–H groups in total. The van der Waals surface area contributed by atoms with Crippen LogP contribution < -0.4 is 9.47 Å². The number of rotatable bonds is 12. The first-order chi connectivity index (χ1) is 23.6. The fourth-order valence-electron chi connectivity index (χ4n) is 6.70. The molecule has 0 bridgehead atoms. The third-order valence-electron chi connectivity index (χ3n) is 9.22. The average Bonchev–Trinajstić information content (AvgIpc) is 3.12. The molecule has 0 spiro atoms. The zero-order chi connectivity index (χ0) is 35.1. The highest BCUT2D eigenvalue weighted by atomic mass is 16.6. The van der Waals surface area contributed by atoms with Gasteiger partial charge in [0.2, 0.25) is 0 Å². The maximum atomic E-state index is 13.7. The van der Waals surface area contributed by atoms with Gasteiger partial charge in [-0.25, -0.2) is 4.79 Å². The van der Waals surface area contributed by atoms with Crippen LogP contribution in [0.1, 0.15) is 42.5 Å². The normalized spacial score (nSPS) is 18.5. The number of ether oxygens (including phenoxy) is 4. The summed E-state index contributed by atoms with van der Waals surface area (Å²) in [4.78, 5) is 46.9. The van der Waals surface area contributed by atoms with Gasteiger partial charge in [0.25, 0.3) is 5.69 Å². The average molecular weight is 671 g/mol. The Kier molecular flexibility index (Phi) is 11.4. The second kappa shape index (κ2) is 15.9. The van der Waals surface area contributed by atoms with E-state index in [-0.39, 0.29) is 23.9 Å². The van der Waals surface area contributed by atoms with E-state index in [0.29, 0.717) is 23.5 Å². The lowest BCUT2D eigenvalue weighted by Gasteiger charge is -2.39. The number of esters is 2. The molecular formula is C37H42N4O8. The second-order valence-electron chi connectivity index (χ2n) is 12.0. The van der Waals surface area contributed by atoms with Gasteiger partial charge in [-0.05, 0) is 54.8 Å². The molecule has 0 radical (unpaired) electrons. The van der Waals surface area contributed by atoms with E-state index in [2.05, 4.69) is 39.1 Å². The lowest BCUT2D eigenvalue weighted by Crippen LogP contribution is -2.48. The summed E-state index contributed by atoms with van der Waals surface area (Å²) in [6.07, 6.45) is 0. The number of hydrogen-bond acceptors (Lipinski definition) is 11. The number of carbonyl (C=O) groups excluding carboxylic acids is 2. The van der Waals surface area contributed by atoms with Gasteiger partial charge in [0, 0.05) is 62.2 Å². The van der Waals surface area contributed by atoms with Crippen molar-refractivity contribution in [2.45, 2.75) is 25.8 Å². The molecular weight excluding hydrogens is 628 g/mol. The first kappa shape index (κ1) is 35.2. The fraction of sp³-hybridized carbons (Fsp3) is 0.378. The van der Waals surface area contributed by atoms with E-state index in [1.807, 2.05) is 24.3 Å². The number of carbonyl (C=O) groups is 2. The second-order valence-corrected chi connectivity index (χ2v) is 12.0. The zero-order valence-corrected chi connectivity index (χ0v) is 28.5. The number of nitro benzene ring substituents is 1. The maximum absolute atomic E-state index is 13.7. The summed E-state index contributed by atoms with van der Waals surface area (Å²) in [7, 11) is 4.58. The van der Waals surface area contributed by atoms with E-state index in [1.54, 1.807) is 34.1 Å². The Labute approximate surface area is 286 Å². The predicted octanol–water partition coefficient (Wildman–Crippen LogP) is 5.18. The molecule has 2 unspecified atom stereocenters. The van der Waals surface area contributed by atoms with Crippen molar-refractivity contribution in [3.8, 4) is 11.5 Å². The molecule has 5 rings (SSSR count). The summed E-state index contributed by atoms with van der Waals surface area (Å²) in [6, 6.07) is 22.3. The minimum atomic E-state index is -0.935. The van der Waals surface area contributed by atoms with Gasteiger partial charge in [-0.3, -0.25) is 29.7 Å². The molecule has 1 saturated heterocycles. The molecule has 12 heteroatoms. The highest BCUT2D eigenvalue weighted by Crippen LogP contribution is 2.41. The monoisotopic (exact) mass is 670 g/mol. The SMILES string of the molecule is COC(=O)C1C(C)=NC(C)=C(C(=O)OCCN2CCN(C(c3ccc(OC)cc3)c3ccc(OC)cc3)CC2)C1c1cccc([N+](=O)[O-])c1. The minimum absolute atomic E-state index is 0.0375. The molecule has 0 aromatic heterocycles. The number of hydrogen-bond donors (Lipinski definition) is 0. The molecule has 49 heavy (non-hydrogen) atoms. The molecule has 0 amide bonds. The molecule has 0 aliphatic carbocycles. The van der Waals surface area contributed by atoms with Crippen molar-refractivity contribution >= 4 is 23.3 Å². The van der Waals surface area contributed by atoms with Crippen molar-refractivity contribution in [2.75, 3.05) is 60.7 Å². The molecule has 2 atom stereocenters. The number of piperazine rings is 1. The van der Waals surface area contributed by atoms with E-state index in [9.17, 15) is 19.7 Å². The summed E-state index contributed by atoms with van der Waals surface area (Å²) >= 11 is 0. The zero-order valence-electron chi connectivity index (χ0n) is 28.5. The first-order valence-electron chi connectivity index (χ1n) is 16.1. The number of aliphatic imine (C=N–C) groups is 1. The van der Waals surface area contributed by atoms with Crippen LogP contribution in [0.25, 0.3) is 0 Å². The maximum Gasteiger partial charge on any atom is 0.336 e. The molecule has 258 valence electrons. The van der Waals surface area contributed by atoms with Gasteiger partial charge >= 0.3 is 11.9 Å². The molecule has 12 nitrogen and oxygen atoms in total. The van der Waals surface area contributed by atoms with Gasteiger partial charge in [0.1, 0.15) is 24.0 Å². The van der Waals surface area contributed by atoms with Crippen LogP contribution in [0.2, 0.25) is 0 Å². The van der Waals surface area contributed by atoms with E-state index >= 15 is 0 Å². The smallest absolute Gasteiger partial charge is 0.336 e. The Balaban J connectivity index is 1.27. The van der Waals surface area contributed by atoms with Crippen LogP contribution in [-0.2, 0) is 19.1 Å². The topological polar surface area (TPSA) is 133 Å². The summed E-state index contributed by atoms with van der Waals surface area (Å²) in [5.74, 6) is -1.39. The standard InChI is InChI=1S/C37H42N4O8/c1-24-32(36(42)48-5)34(28-7-6-8-29(23-28)41(44)45)33(25(2)38-24)37(43)49-22-21-39-17-19-40(20-18-39)35(26-9-13-30(46-3)14-10-26)27-11-15-31(47-4)16-12-27/h6-16,23,32,34-35H,17-22H2,1-5H3. The van der Waals surface area contributed by atoms with E-state index < -0.39 is 28.7 Å². The Bertz CT molecular complexity index is 1670. The summed E-state index contributed by atoms with van der Waals surface area (Å²) in [6.45, 7) is 7.15. The van der Waals surface area contributed by atoms with Gasteiger partial charge in [0.05, 0.1) is 37.9 Å². The lowest BCUT2D eigenvalue weighted by atomic mass is 9.75. The quantitative estimate of drug-likeness (QED) is 0.144. The number of nitrogens with zero attached hydrogens (tertiary/aromatic N) is 4. The number of non-ortho nitro benzene ring substituents is 1. The van der Waals surface area contributed by atoms with Crippen LogP contribution in [0.4, 0.5) is 5.69 Å². The van der Waals surface area contributed by atoms with E-state index in [4.69, 9.17) is 18.9 Å². The first-order valence-corrected chi connectivity index (χ1v) is 16.1. The van der Waals surface area contributed by atoms with Crippen LogP contribution in [0.5, 0.6) is 11.5 Å². The van der Waals surface area contributed by atoms with E-state index in [0.717, 1.165) is 48.8 Å². The largest absolute Gasteiger partial charge is 0.497 e. The van der Waals surface area contributed by atoms with Gasteiger partial charge in [-0.2, -0.15) is 0 Å². The number of methoxy groups -OCH3 is 3. The number of benzene rings is 3. The van der Waals surface area contributed by atoms with Crippen LogP contribution in [0, 0.1) is 16.0 Å². The van der Waals surface area contributed by atoms with Crippen LogP contribution in [0.15, 0.2) is 89.1 Å². The van der Waals surface area contributed by atoms with Gasteiger partial charge in [0.15, 0.2) is 0 Å². The molecule has 2 aliphatic heterocycles. The van der Waals surface area contributed by atoms with E-state index in [1.165, 1.54) is 25.3 Å². The Morgan fingerprint density at radius 2 is 1.49 bits per heavy atom. The highest BCUT2D eigenvalue weighted by Gasteiger charge is 2.42. The molecule has 1 fully saturated rings. The molecule has 0 saturated carbocycles. The lowest BCUT2D eigenvalue weighted by molar-refractivity contribution is -0.384. The molecule has 2 aliphatic rings. The van der Waals surface area contributed by atoms with Crippen molar-refractivity contribution in [3.63, 3.8) is 0 Å². The van der Waals surface area contributed by atoms with Gasteiger partial charge < -0.3 is 18.9 Å². The van der Waals surface area contributed by atoms with Crippen molar-refractivity contribution in [2.24, 2.45) is 10.9 Å².